The van der Waals surface area contributed by atoms with Crippen LogP contribution < -0.4 is 11.1 Å². The molecular formula is C11H12BrClN2O. The molecule has 86 valence electrons. The first-order valence-electron chi connectivity index (χ1n) is 5.07. The molecule has 0 aromatic heterocycles. The molecule has 0 unspecified atom stereocenters. The molecule has 1 aromatic carbocycles. The van der Waals surface area contributed by atoms with Crippen LogP contribution >= 0.6 is 27.5 Å². The van der Waals surface area contributed by atoms with Gasteiger partial charge in [-0.1, -0.05) is 17.7 Å². The molecule has 16 heavy (non-hydrogen) atoms. The standard InChI is InChI=1S/C11H12BrClN2O/c12-9-7(13)3-1-4-8(9)15-10(16)11(14)5-2-6-11/h1,3-4H,2,5-6,14H2,(H,15,16). The van der Waals surface area contributed by atoms with Crippen LogP contribution in [-0.4, -0.2) is 11.4 Å². The first-order chi connectivity index (χ1) is 7.53. The number of nitrogens with one attached hydrogen (secondary N) is 1. The van der Waals surface area contributed by atoms with Gasteiger partial charge in [0.2, 0.25) is 5.91 Å². The Balaban J connectivity index is 2.15. The molecule has 0 aliphatic heterocycles. The Morgan fingerprint density at radius 2 is 2.19 bits per heavy atom. The van der Waals surface area contributed by atoms with Crippen LogP contribution in [0.15, 0.2) is 22.7 Å². The van der Waals surface area contributed by atoms with Gasteiger partial charge < -0.3 is 11.1 Å². The molecule has 0 saturated heterocycles. The van der Waals surface area contributed by atoms with E-state index < -0.39 is 5.54 Å². The zero-order valence-electron chi connectivity index (χ0n) is 8.59. The second-order valence-electron chi connectivity index (χ2n) is 4.07. The van der Waals surface area contributed by atoms with Crippen molar-refractivity contribution in [2.45, 2.75) is 24.8 Å². The first-order valence-corrected chi connectivity index (χ1v) is 6.24. The summed E-state index contributed by atoms with van der Waals surface area (Å²) in [4.78, 5) is 11.9. The normalized spacial score (nSPS) is 17.7. The number of hydrogen-bond donors (Lipinski definition) is 2. The molecule has 3 nitrogen and oxygen atoms in total. The predicted molar refractivity (Wildman–Crippen MR) is 68.6 cm³/mol. The third-order valence-electron chi connectivity index (χ3n) is 2.90. The molecule has 1 fully saturated rings. The van der Waals surface area contributed by atoms with Crippen LogP contribution in [0, 0.1) is 0 Å². The molecule has 0 atom stereocenters. The van der Waals surface area contributed by atoms with E-state index in [-0.39, 0.29) is 5.91 Å². The summed E-state index contributed by atoms with van der Waals surface area (Å²) in [6.07, 6.45) is 2.51. The van der Waals surface area contributed by atoms with Crippen LogP contribution in [0.5, 0.6) is 0 Å². The Bertz CT molecular complexity index is 432. The van der Waals surface area contributed by atoms with Gasteiger partial charge in [0.05, 0.1) is 20.7 Å². The summed E-state index contributed by atoms with van der Waals surface area (Å²) < 4.78 is 0.688. The van der Waals surface area contributed by atoms with Crippen LogP contribution in [0.3, 0.4) is 0 Å². The maximum atomic E-state index is 11.9. The van der Waals surface area contributed by atoms with Crippen molar-refractivity contribution in [3.8, 4) is 0 Å². The second kappa shape index (κ2) is 4.35. The Morgan fingerprint density at radius 3 is 2.75 bits per heavy atom. The van der Waals surface area contributed by atoms with Crippen LogP contribution in [0.4, 0.5) is 5.69 Å². The molecule has 0 spiro atoms. The molecule has 0 bridgehead atoms. The molecule has 1 amide bonds. The van der Waals surface area contributed by atoms with Crippen molar-refractivity contribution in [1.82, 2.24) is 0 Å². The minimum absolute atomic E-state index is 0.137. The average Bonchev–Trinajstić information content (AvgIpc) is 2.21. The van der Waals surface area contributed by atoms with Gasteiger partial charge in [-0.25, -0.2) is 0 Å². The third kappa shape index (κ3) is 2.10. The number of anilines is 1. The smallest absolute Gasteiger partial charge is 0.244 e. The summed E-state index contributed by atoms with van der Waals surface area (Å²) in [5, 5.41) is 3.37. The number of nitrogens with two attached hydrogens (primary N) is 1. The highest BCUT2D eigenvalue weighted by molar-refractivity contribution is 9.10. The van der Waals surface area contributed by atoms with Crippen LogP contribution in [0.2, 0.25) is 5.02 Å². The van der Waals surface area contributed by atoms with Gasteiger partial charge in [0.1, 0.15) is 0 Å². The summed E-state index contributed by atoms with van der Waals surface area (Å²) in [6.45, 7) is 0. The van der Waals surface area contributed by atoms with Gasteiger partial charge in [-0.15, -0.1) is 0 Å². The van der Waals surface area contributed by atoms with Crippen molar-refractivity contribution in [2.24, 2.45) is 5.73 Å². The molecule has 3 N–H and O–H groups in total. The van der Waals surface area contributed by atoms with E-state index in [0.717, 1.165) is 19.3 Å². The van der Waals surface area contributed by atoms with Crippen molar-refractivity contribution in [3.63, 3.8) is 0 Å². The van der Waals surface area contributed by atoms with Gasteiger partial charge in [-0.3, -0.25) is 4.79 Å². The molecule has 1 saturated carbocycles. The van der Waals surface area contributed by atoms with Gasteiger partial charge in [0.15, 0.2) is 0 Å². The quantitative estimate of drug-likeness (QED) is 0.882. The molecular weight excluding hydrogens is 291 g/mol. The Hall–Kier alpha value is -0.580. The van der Waals surface area contributed by atoms with Gasteiger partial charge in [-0.05, 0) is 47.3 Å². The zero-order chi connectivity index (χ0) is 11.8. The highest BCUT2D eigenvalue weighted by Crippen LogP contribution is 2.33. The fourth-order valence-corrected chi connectivity index (χ4v) is 2.17. The van der Waals surface area contributed by atoms with Crippen molar-refractivity contribution >= 4 is 39.1 Å². The van der Waals surface area contributed by atoms with Crippen LogP contribution in [0.1, 0.15) is 19.3 Å². The lowest BCUT2D eigenvalue weighted by molar-refractivity contribution is -0.123. The van der Waals surface area contributed by atoms with Gasteiger partial charge in [0.25, 0.3) is 0 Å². The lowest BCUT2D eigenvalue weighted by Crippen LogP contribution is -2.56. The van der Waals surface area contributed by atoms with E-state index in [0.29, 0.717) is 15.2 Å². The number of amides is 1. The van der Waals surface area contributed by atoms with Crippen molar-refractivity contribution in [3.05, 3.63) is 27.7 Å². The van der Waals surface area contributed by atoms with E-state index in [1.807, 2.05) is 0 Å². The second-order valence-corrected chi connectivity index (χ2v) is 5.27. The lowest BCUT2D eigenvalue weighted by atomic mass is 9.77. The van der Waals surface area contributed by atoms with E-state index in [1.54, 1.807) is 18.2 Å². The van der Waals surface area contributed by atoms with E-state index in [2.05, 4.69) is 21.2 Å². The maximum Gasteiger partial charge on any atom is 0.244 e. The van der Waals surface area contributed by atoms with Crippen molar-refractivity contribution in [1.29, 1.82) is 0 Å². The van der Waals surface area contributed by atoms with E-state index in [1.165, 1.54) is 0 Å². The highest BCUT2D eigenvalue weighted by Gasteiger charge is 2.40. The summed E-state index contributed by atoms with van der Waals surface area (Å²) >= 11 is 9.26. The number of carbonyl (C=O) groups is 1. The van der Waals surface area contributed by atoms with Gasteiger partial charge >= 0.3 is 0 Å². The molecule has 1 aliphatic rings. The molecule has 0 heterocycles. The van der Waals surface area contributed by atoms with Gasteiger partial charge in [0, 0.05) is 0 Å². The number of benzene rings is 1. The summed E-state index contributed by atoms with van der Waals surface area (Å²) in [5.74, 6) is -0.137. The molecule has 1 aromatic rings. The number of rotatable bonds is 2. The first kappa shape index (κ1) is 11.9. The monoisotopic (exact) mass is 302 g/mol. The molecule has 1 aliphatic carbocycles. The Morgan fingerprint density at radius 1 is 1.50 bits per heavy atom. The fraction of sp³-hybridized carbons (Fsp3) is 0.364. The van der Waals surface area contributed by atoms with Crippen LogP contribution in [0.25, 0.3) is 0 Å². The Labute approximate surface area is 107 Å². The highest BCUT2D eigenvalue weighted by atomic mass is 79.9. The predicted octanol–water partition coefficient (Wildman–Crippen LogP) is 2.92. The Kier molecular flexibility index (Phi) is 3.24. The number of hydrogen-bond acceptors (Lipinski definition) is 2. The SMILES string of the molecule is NC1(C(=O)Nc2cccc(Cl)c2Br)CCC1. The van der Waals surface area contributed by atoms with E-state index in [9.17, 15) is 4.79 Å². The lowest BCUT2D eigenvalue weighted by Gasteiger charge is -2.36. The average molecular weight is 304 g/mol. The molecule has 0 radical (unpaired) electrons. The van der Waals surface area contributed by atoms with E-state index in [4.69, 9.17) is 17.3 Å². The zero-order valence-corrected chi connectivity index (χ0v) is 10.9. The minimum Gasteiger partial charge on any atom is -0.323 e. The minimum atomic E-state index is -0.693. The molecule has 2 rings (SSSR count). The molecule has 5 heteroatoms. The fourth-order valence-electron chi connectivity index (χ4n) is 1.63. The van der Waals surface area contributed by atoms with Crippen molar-refractivity contribution in [2.75, 3.05) is 5.32 Å². The van der Waals surface area contributed by atoms with Crippen molar-refractivity contribution < 1.29 is 4.79 Å². The number of halogens is 2. The maximum absolute atomic E-state index is 11.9. The topological polar surface area (TPSA) is 55.1 Å². The van der Waals surface area contributed by atoms with Crippen LogP contribution in [-0.2, 0) is 4.79 Å². The third-order valence-corrected chi connectivity index (χ3v) is 4.30. The van der Waals surface area contributed by atoms with Gasteiger partial charge in [-0.2, -0.15) is 0 Å². The summed E-state index contributed by atoms with van der Waals surface area (Å²) in [7, 11) is 0. The van der Waals surface area contributed by atoms with E-state index >= 15 is 0 Å². The summed E-state index contributed by atoms with van der Waals surface area (Å²) in [6, 6.07) is 5.32. The largest absolute Gasteiger partial charge is 0.323 e. The number of carbonyl (C=O) groups excluding carboxylic acids is 1. The summed E-state index contributed by atoms with van der Waals surface area (Å²) in [5.41, 5.74) is 5.89.